The standard InChI is InChI=1S/C34H39N3O7/c1-34(2,3)44-33(41)37-29(14-8-9-19-35)31(39)43-30(38)23-17-15-22(16-18-23)20-36-32(40)42-21-28-26-12-6-4-10-24(26)25-11-5-7-13-27(25)28/h4-7,10-13,15-18,28-29H,8-9,14,19-21,35H2,1-3H3,(H,36,40)(H,37,41)/t29-/m0/s1. The van der Waals surface area contributed by atoms with Crippen LogP contribution in [0.2, 0.25) is 0 Å². The van der Waals surface area contributed by atoms with Gasteiger partial charge in [0.25, 0.3) is 0 Å². The number of benzene rings is 3. The Morgan fingerprint density at radius 2 is 1.45 bits per heavy atom. The van der Waals surface area contributed by atoms with Crippen molar-refractivity contribution in [3.8, 4) is 11.1 Å². The molecule has 0 fully saturated rings. The van der Waals surface area contributed by atoms with E-state index in [4.69, 9.17) is 19.9 Å². The van der Waals surface area contributed by atoms with Crippen molar-refractivity contribution < 1.29 is 33.4 Å². The first-order valence-electron chi connectivity index (χ1n) is 14.7. The molecule has 0 saturated heterocycles. The lowest BCUT2D eigenvalue weighted by Crippen LogP contribution is -2.44. The molecule has 1 aliphatic rings. The van der Waals surface area contributed by atoms with E-state index in [-0.39, 0.29) is 31.1 Å². The first-order chi connectivity index (χ1) is 21.1. The number of nitrogens with one attached hydrogen (secondary N) is 2. The summed E-state index contributed by atoms with van der Waals surface area (Å²) in [4.78, 5) is 50.2. The minimum atomic E-state index is -1.07. The van der Waals surface area contributed by atoms with E-state index in [0.717, 1.165) is 22.3 Å². The van der Waals surface area contributed by atoms with E-state index in [0.29, 0.717) is 24.9 Å². The van der Waals surface area contributed by atoms with Crippen molar-refractivity contribution in [1.29, 1.82) is 0 Å². The third kappa shape index (κ3) is 8.67. The average molecular weight is 602 g/mol. The average Bonchev–Trinajstić information content (AvgIpc) is 3.31. The molecule has 0 unspecified atom stereocenters. The number of carbonyl (C=O) groups is 4. The van der Waals surface area contributed by atoms with Crippen molar-refractivity contribution in [3.05, 3.63) is 95.1 Å². The van der Waals surface area contributed by atoms with Gasteiger partial charge >= 0.3 is 24.1 Å². The van der Waals surface area contributed by atoms with Crippen molar-refractivity contribution in [2.24, 2.45) is 5.73 Å². The van der Waals surface area contributed by atoms with Crippen LogP contribution in [0.25, 0.3) is 11.1 Å². The molecule has 0 bridgehead atoms. The van der Waals surface area contributed by atoms with Gasteiger partial charge in [0.1, 0.15) is 18.2 Å². The first kappa shape index (κ1) is 32.2. The highest BCUT2D eigenvalue weighted by Crippen LogP contribution is 2.44. The normalized spacial score (nSPS) is 12.8. The third-order valence-electron chi connectivity index (χ3n) is 7.09. The zero-order valence-electron chi connectivity index (χ0n) is 25.3. The molecule has 0 aromatic heterocycles. The minimum absolute atomic E-state index is 0.0410. The van der Waals surface area contributed by atoms with Crippen molar-refractivity contribution in [1.82, 2.24) is 10.6 Å². The highest BCUT2D eigenvalue weighted by atomic mass is 16.6. The molecular weight excluding hydrogens is 562 g/mol. The molecule has 1 aliphatic carbocycles. The van der Waals surface area contributed by atoms with E-state index in [1.165, 1.54) is 12.1 Å². The van der Waals surface area contributed by atoms with Crippen LogP contribution in [0, 0.1) is 0 Å². The number of alkyl carbamates (subject to hydrolysis) is 2. The molecule has 2 amide bonds. The molecule has 3 aromatic rings. The monoisotopic (exact) mass is 601 g/mol. The second kappa shape index (κ2) is 14.7. The van der Waals surface area contributed by atoms with E-state index in [2.05, 4.69) is 34.9 Å². The molecule has 0 saturated carbocycles. The fourth-order valence-corrected chi connectivity index (χ4v) is 5.00. The van der Waals surface area contributed by atoms with E-state index >= 15 is 0 Å². The third-order valence-corrected chi connectivity index (χ3v) is 7.09. The largest absolute Gasteiger partial charge is 0.449 e. The predicted molar refractivity (Wildman–Crippen MR) is 165 cm³/mol. The van der Waals surface area contributed by atoms with Crippen LogP contribution in [0.4, 0.5) is 9.59 Å². The molecule has 1 atom stereocenters. The Kier molecular flexibility index (Phi) is 10.7. The second-order valence-electron chi connectivity index (χ2n) is 11.6. The summed E-state index contributed by atoms with van der Waals surface area (Å²) in [6, 6.07) is 21.4. The second-order valence-corrected chi connectivity index (χ2v) is 11.6. The Morgan fingerprint density at radius 3 is 2.05 bits per heavy atom. The van der Waals surface area contributed by atoms with E-state index < -0.39 is 35.8 Å². The number of amides is 2. The fourth-order valence-electron chi connectivity index (χ4n) is 5.00. The van der Waals surface area contributed by atoms with Gasteiger partial charge in [0.15, 0.2) is 0 Å². The number of carbonyl (C=O) groups excluding carboxylic acids is 4. The molecule has 0 spiro atoms. The van der Waals surface area contributed by atoms with Crippen LogP contribution in [-0.2, 0) is 25.5 Å². The Hall–Kier alpha value is -4.70. The van der Waals surface area contributed by atoms with Crippen molar-refractivity contribution in [3.63, 3.8) is 0 Å². The number of nitrogens with two attached hydrogens (primary N) is 1. The molecule has 44 heavy (non-hydrogen) atoms. The molecule has 10 nitrogen and oxygen atoms in total. The van der Waals surface area contributed by atoms with Gasteiger partial charge in [-0.2, -0.15) is 0 Å². The zero-order chi connectivity index (χ0) is 31.7. The number of unbranched alkanes of at least 4 members (excludes halogenated alkanes) is 1. The lowest BCUT2D eigenvalue weighted by Gasteiger charge is -2.22. The number of rotatable bonds is 11. The van der Waals surface area contributed by atoms with Gasteiger partial charge in [-0.25, -0.2) is 19.2 Å². The molecule has 10 heteroatoms. The molecule has 0 heterocycles. The fraction of sp³-hybridized carbons (Fsp3) is 0.353. The van der Waals surface area contributed by atoms with Crippen LogP contribution in [0.15, 0.2) is 72.8 Å². The first-order valence-corrected chi connectivity index (χ1v) is 14.7. The highest BCUT2D eigenvalue weighted by Gasteiger charge is 2.29. The molecule has 0 aliphatic heterocycles. The van der Waals surface area contributed by atoms with Crippen molar-refractivity contribution >= 4 is 24.1 Å². The van der Waals surface area contributed by atoms with Gasteiger partial charge in [0.05, 0.1) is 5.56 Å². The molecule has 3 aromatic carbocycles. The van der Waals surface area contributed by atoms with Gasteiger partial charge in [0, 0.05) is 12.5 Å². The van der Waals surface area contributed by atoms with Crippen LogP contribution in [-0.4, -0.2) is 48.9 Å². The highest BCUT2D eigenvalue weighted by molar-refractivity contribution is 5.98. The lowest BCUT2D eigenvalue weighted by molar-refractivity contribution is -0.140. The summed E-state index contributed by atoms with van der Waals surface area (Å²) in [6.07, 6.45) is 0.0838. The number of fused-ring (bicyclic) bond motifs is 3. The zero-order valence-corrected chi connectivity index (χ0v) is 25.3. The summed E-state index contributed by atoms with van der Waals surface area (Å²) in [6.45, 7) is 5.91. The topological polar surface area (TPSA) is 146 Å². The maximum absolute atomic E-state index is 12.8. The summed E-state index contributed by atoms with van der Waals surface area (Å²) < 4.78 is 15.9. The summed E-state index contributed by atoms with van der Waals surface area (Å²) in [5.74, 6) is -1.79. The maximum atomic E-state index is 12.8. The summed E-state index contributed by atoms with van der Waals surface area (Å²) in [5, 5.41) is 5.22. The van der Waals surface area contributed by atoms with Crippen LogP contribution in [0.5, 0.6) is 0 Å². The molecule has 0 radical (unpaired) electrons. The van der Waals surface area contributed by atoms with Gasteiger partial charge < -0.3 is 30.6 Å². The number of esters is 2. The Morgan fingerprint density at radius 1 is 0.841 bits per heavy atom. The quantitative estimate of drug-likeness (QED) is 0.114. The number of hydrogen-bond donors (Lipinski definition) is 3. The summed E-state index contributed by atoms with van der Waals surface area (Å²) in [7, 11) is 0. The minimum Gasteiger partial charge on any atom is -0.449 e. The summed E-state index contributed by atoms with van der Waals surface area (Å²) in [5.41, 5.74) is 10.2. The molecule has 4 N–H and O–H groups in total. The molecule has 4 rings (SSSR count). The maximum Gasteiger partial charge on any atom is 0.408 e. The summed E-state index contributed by atoms with van der Waals surface area (Å²) >= 11 is 0. The van der Waals surface area contributed by atoms with Gasteiger partial charge in [-0.1, -0.05) is 60.7 Å². The SMILES string of the molecule is CC(C)(C)OC(=O)N[C@@H](CCCCN)C(=O)OC(=O)c1ccc(CNC(=O)OCC2c3ccccc3-c3ccccc32)cc1. The smallest absolute Gasteiger partial charge is 0.408 e. The van der Waals surface area contributed by atoms with E-state index in [1.807, 2.05) is 24.3 Å². The lowest BCUT2D eigenvalue weighted by atomic mass is 9.98. The van der Waals surface area contributed by atoms with Crippen molar-refractivity contribution in [2.75, 3.05) is 13.2 Å². The van der Waals surface area contributed by atoms with Gasteiger partial charge in [-0.3, -0.25) is 0 Å². The molecule has 232 valence electrons. The predicted octanol–water partition coefficient (Wildman–Crippen LogP) is 5.43. The van der Waals surface area contributed by atoms with Gasteiger partial charge in [0.2, 0.25) is 0 Å². The van der Waals surface area contributed by atoms with Crippen molar-refractivity contribution in [2.45, 2.75) is 64.1 Å². The Labute approximate surface area is 257 Å². The van der Waals surface area contributed by atoms with E-state index in [1.54, 1.807) is 32.9 Å². The Bertz CT molecular complexity index is 1440. The number of hydrogen-bond acceptors (Lipinski definition) is 8. The van der Waals surface area contributed by atoms with Crippen LogP contribution >= 0.6 is 0 Å². The van der Waals surface area contributed by atoms with E-state index in [9.17, 15) is 19.2 Å². The Balaban J connectivity index is 1.27. The van der Waals surface area contributed by atoms with Gasteiger partial charge in [-0.05, 0) is 86.5 Å². The number of ether oxygens (including phenoxy) is 3. The van der Waals surface area contributed by atoms with Crippen LogP contribution in [0.1, 0.15) is 73.0 Å². The van der Waals surface area contributed by atoms with Crippen LogP contribution < -0.4 is 16.4 Å². The van der Waals surface area contributed by atoms with Crippen LogP contribution in [0.3, 0.4) is 0 Å². The molecular formula is C34H39N3O7. The van der Waals surface area contributed by atoms with Gasteiger partial charge in [-0.15, -0.1) is 0 Å².